The Labute approximate surface area is 101 Å². The fourth-order valence-corrected chi connectivity index (χ4v) is 3.42. The largest absolute Gasteiger partial charge is 0.315 e. The number of hydrogen-bond acceptors (Lipinski definition) is 2. The molecule has 0 aliphatic carbocycles. The van der Waals surface area contributed by atoms with Crippen LogP contribution in [-0.2, 0) is 0 Å². The van der Waals surface area contributed by atoms with Gasteiger partial charge in [0, 0.05) is 19.1 Å². The monoisotopic (exact) mass is 224 g/mol. The van der Waals surface area contributed by atoms with Gasteiger partial charge < -0.3 is 5.32 Å². The van der Waals surface area contributed by atoms with Crippen molar-refractivity contribution in [2.45, 2.75) is 58.4 Å². The molecule has 2 nitrogen and oxygen atoms in total. The highest BCUT2D eigenvalue weighted by molar-refractivity contribution is 4.91. The van der Waals surface area contributed by atoms with Crippen LogP contribution in [0.2, 0.25) is 0 Å². The van der Waals surface area contributed by atoms with Gasteiger partial charge in [-0.2, -0.15) is 0 Å². The normalized spacial score (nSPS) is 31.5. The molecule has 16 heavy (non-hydrogen) atoms. The predicted octanol–water partition coefficient (Wildman–Crippen LogP) is 2.64. The van der Waals surface area contributed by atoms with E-state index in [0.717, 1.165) is 6.04 Å². The Kier molecular flexibility index (Phi) is 4.26. The molecule has 1 N–H and O–H groups in total. The highest BCUT2D eigenvalue weighted by Crippen LogP contribution is 2.38. The van der Waals surface area contributed by atoms with Crippen molar-refractivity contribution in [3.63, 3.8) is 0 Å². The molecule has 0 saturated carbocycles. The number of nitrogens with zero attached hydrogens (tertiary/aromatic N) is 1. The lowest BCUT2D eigenvalue weighted by molar-refractivity contribution is 0.187. The second-order valence-electron chi connectivity index (χ2n) is 5.78. The predicted molar refractivity (Wildman–Crippen MR) is 69.7 cm³/mol. The maximum Gasteiger partial charge on any atom is 0.0220 e. The van der Waals surface area contributed by atoms with E-state index in [1.54, 1.807) is 0 Å². The third-order valence-electron chi connectivity index (χ3n) is 5.01. The van der Waals surface area contributed by atoms with Gasteiger partial charge in [-0.25, -0.2) is 0 Å². The minimum Gasteiger partial charge on any atom is -0.315 e. The Hall–Kier alpha value is -0.0800. The van der Waals surface area contributed by atoms with Crippen molar-refractivity contribution in [1.29, 1.82) is 0 Å². The lowest BCUT2D eigenvalue weighted by atomic mass is 9.82. The standard InChI is InChI=1S/C14H28N2/c1-3-14(4-2)8-10-16(12-14)13-7-5-6-9-15-11-13/h13,15H,3-12H2,1-2H3. The van der Waals surface area contributed by atoms with Crippen LogP contribution in [0.4, 0.5) is 0 Å². The Morgan fingerprint density at radius 2 is 2.06 bits per heavy atom. The van der Waals surface area contributed by atoms with Crippen LogP contribution in [-0.4, -0.2) is 37.1 Å². The van der Waals surface area contributed by atoms with E-state index < -0.39 is 0 Å². The van der Waals surface area contributed by atoms with Gasteiger partial charge in [0.2, 0.25) is 0 Å². The van der Waals surface area contributed by atoms with Gasteiger partial charge in [0.1, 0.15) is 0 Å². The second-order valence-corrected chi connectivity index (χ2v) is 5.78. The fraction of sp³-hybridized carbons (Fsp3) is 1.00. The van der Waals surface area contributed by atoms with E-state index in [1.807, 2.05) is 0 Å². The molecule has 2 heteroatoms. The van der Waals surface area contributed by atoms with Gasteiger partial charge >= 0.3 is 0 Å². The third-order valence-corrected chi connectivity index (χ3v) is 5.01. The first-order valence-electron chi connectivity index (χ1n) is 7.24. The van der Waals surface area contributed by atoms with E-state index in [2.05, 4.69) is 24.1 Å². The summed E-state index contributed by atoms with van der Waals surface area (Å²) < 4.78 is 0. The third kappa shape index (κ3) is 2.60. The molecule has 2 saturated heterocycles. The van der Waals surface area contributed by atoms with Gasteiger partial charge in [-0.1, -0.05) is 20.3 Å². The van der Waals surface area contributed by atoms with Crippen molar-refractivity contribution in [3.8, 4) is 0 Å². The summed E-state index contributed by atoms with van der Waals surface area (Å²) in [6, 6.07) is 0.822. The van der Waals surface area contributed by atoms with Gasteiger partial charge in [-0.3, -0.25) is 4.90 Å². The van der Waals surface area contributed by atoms with Crippen LogP contribution in [0.5, 0.6) is 0 Å². The van der Waals surface area contributed by atoms with Crippen LogP contribution in [0.25, 0.3) is 0 Å². The maximum atomic E-state index is 3.60. The molecule has 1 atom stereocenters. The average molecular weight is 224 g/mol. The Balaban J connectivity index is 1.91. The molecule has 2 aliphatic rings. The van der Waals surface area contributed by atoms with Gasteiger partial charge in [0.05, 0.1) is 0 Å². The molecule has 0 spiro atoms. The lowest BCUT2D eigenvalue weighted by Gasteiger charge is -2.30. The number of rotatable bonds is 3. The highest BCUT2D eigenvalue weighted by atomic mass is 15.2. The molecule has 0 radical (unpaired) electrons. The zero-order valence-electron chi connectivity index (χ0n) is 11.1. The second kappa shape index (κ2) is 5.50. The first kappa shape index (κ1) is 12.4. The molecule has 0 aromatic carbocycles. The molecule has 2 heterocycles. The van der Waals surface area contributed by atoms with Crippen molar-refractivity contribution in [2.75, 3.05) is 26.2 Å². The van der Waals surface area contributed by atoms with Crippen molar-refractivity contribution in [3.05, 3.63) is 0 Å². The number of likely N-dealkylation sites (tertiary alicyclic amines) is 1. The average Bonchev–Trinajstić information content (AvgIpc) is 2.57. The fourth-order valence-electron chi connectivity index (χ4n) is 3.42. The molecule has 0 aromatic heterocycles. The zero-order chi connectivity index (χ0) is 11.4. The summed E-state index contributed by atoms with van der Waals surface area (Å²) in [4.78, 5) is 2.77. The smallest absolute Gasteiger partial charge is 0.0220 e. The van der Waals surface area contributed by atoms with E-state index in [9.17, 15) is 0 Å². The summed E-state index contributed by atoms with van der Waals surface area (Å²) in [6.07, 6.45) is 8.35. The van der Waals surface area contributed by atoms with Crippen molar-refractivity contribution in [1.82, 2.24) is 10.2 Å². The zero-order valence-corrected chi connectivity index (χ0v) is 11.1. The number of nitrogens with one attached hydrogen (secondary N) is 1. The number of hydrogen-bond donors (Lipinski definition) is 1. The first-order chi connectivity index (χ1) is 7.79. The molecule has 0 amide bonds. The lowest BCUT2D eigenvalue weighted by Crippen LogP contribution is -2.41. The Bertz CT molecular complexity index is 203. The summed E-state index contributed by atoms with van der Waals surface area (Å²) in [5, 5.41) is 3.60. The SMILES string of the molecule is CCC1(CC)CCN(C2CCCCNC2)C1. The van der Waals surface area contributed by atoms with Crippen molar-refractivity contribution in [2.24, 2.45) is 5.41 Å². The van der Waals surface area contributed by atoms with Gasteiger partial charge in [-0.15, -0.1) is 0 Å². The van der Waals surface area contributed by atoms with Crippen LogP contribution in [0.1, 0.15) is 52.4 Å². The first-order valence-corrected chi connectivity index (χ1v) is 7.24. The highest BCUT2D eigenvalue weighted by Gasteiger charge is 2.37. The molecule has 2 rings (SSSR count). The van der Waals surface area contributed by atoms with Crippen LogP contribution >= 0.6 is 0 Å². The Morgan fingerprint density at radius 3 is 2.75 bits per heavy atom. The molecule has 0 bridgehead atoms. The quantitative estimate of drug-likeness (QED) is 0.793. The molecular formula is C14H28N2. The van der Waals surface area contributed by atoms with E-state index in [-0.39, 0.29) is 0 Å². The van der Waals surface area contributed by atoms with E-state index in [1.165, 1.54) is 64.7 Å². The summed E-state index contributed by atoms with van der Waals surface area (Å²) >= 11 is 0. The molecule has 2 aliphatic heterocycles. The summed E-state index contributed by atoms with van der Waals surface area (Å²) in [6.45, 7) is 9.90. The molecule has 2 fully saturated rings. The summed E-state index contributed by atoms with van der Waals surface area (Å²) in [5.74, 6) is 0. The van der Waals surface area contributed by atoms with Gasteiger partial charge in [0.15, 0.2) is 0 Å². The minimum absolute atomic E-state index is 0.645. The van der Waals surface area contributed by atoms with E-state index in [4.69, 9.17) is 0 Å². The molecule has 0 aromatic rings. The van der Waals surface area contributed by atoms with Gasteiger partial charge in [-0.05, 0) is 50.6 Å². The van der Waals surface area contributed by atoms with E-state index >= 15 is 0 Å². The van der Waals surface area contributed by atoms with Crippen LogP contribution in [0, 0.1) is 5.41 Å². The minimum atomic E-state index is 0.645. The summed E-state index contributed by atoms with van der Waals surface area (Å²) in [7, 11) is 0. The summed E-state index contributed by atoms with van der Waals surface area (Å²) in [5.41, 5.74) is 0.645. The van der Waals surface area contributed by atoms with Crippen LogP contribution in [0.15, 0.2) is 0 Å². The molecular weight excluding hydrogens is 196 g/mol. The van der Waals surface area contributed by atoms with Crippen molar-refractivity contribution >= 4 is 0 Å². The topological polar surface area (TPSA) is 15.3 Å². The molecule has 94 valence electrons. The van der Waals surface area contributed by atoms with Crippen molar-refractivity contribution < 1.29 is 0 Å². The van der Waals surface area contributed by atoms with Crippen LogP contribution in [0.3, 0.4) is 0 Å². The van der Waals surface area contributed by atoms with Crippen LogP contribution < -0.4 is 5.32 Å². The molecule has 1 unspecified atom stereocenters. The van der Waals surface area contributed by atoms with Gasteiger partial charge in [0.25, 0.3) is 0 Å². The maximum absolute atomic E-state index is 3.60. The Morgan fingerprint density at radius 1 is 1.25 bits per heavy atom. The van der Waals surface area contributed by atoms with E-state index in [0.29, 0.717) is 5.41 Å².